The molecule has 0 fully saturated rings. The lowest BCUT2D eigenvalue weighted by Gasteiger charge is -2.11. The lowest BCUT2D eigenvalue weighted by molar-refractivity contribution is 0.622. The van der Waals surface area contributed by atoms with Gasteiger partial charge >= 0.3 is 0 Å². The summed E-state index contributed by atoms with van der Waals surface area (Å²) in [5, 5.41) is 4.32. The summed E-state index contributed by atoms with van der Waals surface area (Å²) >= 11 is 2.03. The number of nitrogens with zero attached hydrogens (tertiary/aromatic N) is 1. The molecule has 0 radical (unpaired) electrons. The summed E-state index contributed by atoms with van der Waals surface area (Å²) in [6.07, 6.45) is 1.96. The van der Waals surface area contributed by atoms with Crippen molar-refractivity contribution in [2.45, 2.75) is 26.7 Å². The van der Waals surface area contributed by atoms with Crippen molar-refractivity contribution in [3.8, 4) is 0 Å². The van der Waals surface area contributed by atoms with Gasteiger partial charge in [-0.3, -0.25) is 4.98 Å². The lowest BCUT2D eigenvalue weighted by Crippen LogP contribution is -2.02. The number of fused-ring (bicyclic) bond motifs is 1. The molecule has 2 aromatic rings. The van der Waals surface area contributed by atoms with E-state index in [2.05, 4.69) is 30.2 Å². The summed E-state index contributed by atoms with van der Waals surface area (Å²) in [7, 11) is 0. The normalized spacial score (nSPS) is 10.9. The maximum Gasteiger partial charge on any atom is 0.138 e. The van der Waals surface area contributed by atoms with Crippen LogP contribution in [0.4, 0.5) is 10.1 Å². The largest absolute Gasteiger partial charge is 0.385 e. The van der Waals surface area contributed by atoms with Gasteiger partial charge < -0.3 is 5.32 Å². The van der Waals surface area contributed by atoms with Crippen LogP contribution >= 0.6 is 22.6 Å². The van der Waals surface area contributed by atoms with E-state index in [0.29, 0.717) is 3.57 Å². The summed E-state index contributed by atoms with van der Waals surface area (Å²) in [4.78, 5) is 4.58. The molecule has 1 aromatic carbocycles. The smallest absolute Gasteiger partial charge is 0.138 e. The third-order valence-corrected chi connectivity index (χ3v) is 3.83. The average molecular weight is 358 g/mol. The Kier molecular flexibility index (Phi) is 4.37. The number of aryl methyl sites for hydroxylation is 1. The van der Waals surface area contributed by atoms with E-state index in [-0.39, 0.29) is 5.82 Å². The molecule has 0 amide bonds. The molecule has 0 atom stereocenters. The number of benzene rings is 1. The first kappa shape index (κ1) is 13.5. The first-order chi connectivity index (χ1) is 8.67. The van der Waals surface area contributed by atoms with E-state index >= 15 is 0 Å². The van der Waals surface area contributed by atoms with E-state index in [1.54, 1.807) is 6.07 Å². The molecule has 1 N–H and O–H groups in total. The quantitative estimate of drug-likeness (QED) is 0.822. The van der Waals surface area contributed by atoms with Crippen LogP contribution in [0.2, 0.25) is 0 Å². The minimum absolute atomic E-state index is 0.202. The van der Waals surface area contributed by atoms with Gasteiger partial charge in [-0.2, -0.15) is 0 Å². The van der Waals surface area contributed by atoms with Crippen LogP contribution in [0, 0.1) is 9.39 Å². The van der Waals surface area contributed by atoms with Crippen LogP contribution < -0.4 is 5.32 Å². The van der Waals surface area contributed by atoms with Gasteiger partial charge in [-0.25, -0.2) is 4.39 Å². The molecule has 0 aliphatic heterocycles. The van der Waals surface area contributed by atoms with Crippen LogP contribution in [0.1, 0.15) is 26.0 Å². The second kappa shape index (κ2) is 5.82. The van der Waals surface area contributed by atoms with E-state index < -0.39 is 0 Å². The molecule has 0 saturated carbocycles. The molecule has 0 aliphatic carbocycles. The predicted octanol–water partition coefficient (Wildman–Crippen LogP) is 4.36. The van der Waals surface area contributed by atoms with Crippen molar-refractivity contribution in [1.29, 1.82) is 0 Å². The van der Waals surface area contributed by atoms with Gasteiger partial charge in [0.2, 0.25) is 0 Å². The van der Waals surface area contributed by atoms with E-state index in [0.717, 1.165) is 41.7 Å². The van der Waals surface area contributed by atoms with Gasteiger partial charge in [0.1, 0.15) is 5.82 Å². The first-order valence-electron chi connectivity index (χ1n) is 6.18. The Balaban J connectivity index is 2.68. The zero-order valence-electron chi connectivity index (χ0n) is 10.6. The summed E-state index contributed by atoms with van der Waals surface area (Å²) in [5.41, 5.74) is 2.82. The van der Waals surface area contributed by atoms with Crippen LogP contribution in [0.5, 0.6) is 0 Å². The molecular formula is C14H16FIN2. The van der Waals surface area contributed by atoms with Gasteiger partial charge in [-0.05, 0) is 54.1 Å². The Morgan fingerprint density at radius 2 is 2.11 bits per heavy atom. The molecule has 1 aromatic heterocycles. The predicted molar refractivity (Wildman–Crippen MR) is 82.6 cm³/mol. The Morgan fingerprint density at radius 1 is 1.33 bits per heavy atom. The molecule has 0 unspecified atom stereocenters. The zero-order valence-corrected chi connectivity index (χ0v) is 12.7. The minimum atomic E-state index is -0.202. The Labute approximate surface area is 120 Å². The number of aromatic nitrogens is 1. The summed E-state index contributed by atoms with van der Waals surface area (Å²) < 4.78 is 14.2. The lowest BCUT2D eigenvalue weighted by atomic mass is 10.1. The van der Waals surface area contributed by atoms with Crippen LogP contribution in [0.25, 0.3) is 10.9 Å². The van der Waals surface area contributed by atoms with Crippen molar-refractivity contribution < 1.29 is 4.39 Å². The van der Waals surface area contributed by atoms with E-state index in [4.69, 9.17) is 0 Å². The number of halogens is 2. The SMILES string of the molecule is CCCc1cc(NCC)c2ccc(F)c(I)c2n1. The minimum Gasteiger partial charge on any atom is -0.385 e. The van der Waals surface area contributed by atoms with E-state index in [1.165, 1.54) is 6.07 Å². The Hall–Kier alpha value is -0.910. The molecule has 0 spiro atoms. The Bertz CT molecular complexity index is 569. The standard InChI is InChI=1S/C14H16FIN2/c1-3-5-9-8-12(17-4-2)10-6-7-11(15)13(16)14(10)18-9/h6-8H,3-5H2,1-2H3,(H,17,18). The van der Waals surface area contributed by atoms with Gasteiger partial charge in [-0.1, -0.05) is 13.3 Å². The highest BCUT2D eigenvalue weighted by atomic mass is 127. The molecule has 96 valence electrons. The summed E-state index contributed by atoms with van der Waals surface area (Å²) in [6.45, 7) is 5.02. The maximum absolute atomic E-state index is 13.6. The highest BCUT2D eigenvalue weighted by Crippen LogP contribution is 2.28. The van der Waals surface area contributed by atoms with Crippen LogP contribution in [0.3, 0.4) is 0 Å². The molecule has 1 heterocycles. The molecule has 2 nitrogen and oxygen atoms in total. The van der Waals surface area contributed by atoms with Gasteiger partial charge in [0.25, 0.3) is 0 Å². The molecule has 2 rings (SSSR count). The first-order valence-corrected chi connectivity index (χ1v) is 7.26. The fraction of sp³-hybridized carbons (Fsp3) is 0.357. The second-order valence-electron chi connectivity index (χ2n) is 4.20. The summed E-state index contributed by atoms with van der Waals surface area (Å²) in [5.74, 6) is -0.202. The molecule has 0 bridgehead atoms. The fourth-order valence-electron chi connectivity index (χ4n) is 2.01. The van der Waals surface area contributed by atoms with Crippen molar-refractivity contribution in [2.24, 2.45) is 0 Å². The fourth-order valence-corrected chi connectivity index (χ4v) is 2.60. The monoisotopic (exact) mass is 358 g/mol. The molecule has 0 aliphatic rings. The van der Waals surface area contributed by atoms with Crippen LogP contribution in [-0.4, -0.2) is 11.5 Å². The average Bonchev–Trinajstić information content (AvgIpc) is 2.35. The van der Waals surface area contributed by atoms with Crippen LogP contribution in [-0.2, 0) is 6.42 Å². The number of anilines is 1. The zero-order chi connectivity index (χ0) is 13.1. The maximum atomic E-state index is 13.6. The highest BCUT2D eigenvalue weighted by molar-refractivity contribution is 14.1. The van der Waals surface area contributed by atoms with Crippen molar-refractivity contribution in [3.63, 3.8) is 0 Å². The number of hydrogen-bond donors (Lipinski definition) is 1. The van der Waals surface area contributed by atoms with E-state index in [9.17, 15) is 4.39 Å². The number of hydrogen-bond acceptors (Lipinski definition) is 2. The number of pyridine rings is 1. The molecule has 4 heteroatoms. The second-order valence-corrected chi connectivity index (χ2v) is 5.28. The van der Waals surface area contributed by atoms with Gasteiger partial charge in [0.05, 0.1) is 9.09 Å². The molecule has 0 saturated heterocycles. The molecule has 18 heavy (non-hydrogen) atoms. The van der Waals surface area contributed by atoms with Crippen molar-refractivity contribution in [3.05, 3.63) is 33.3 Å². The van der Waals surface area contributed by atoms with Gasteiger partial charge in [-0.15, -0.1) is 0 Å². The Morgan fingerprint density at radius 3 is 2.78 bits per heavy atom. The molecular weight excluding hydrogens is 342 g/mol. The van der Waals surface area contributed by atoms with Gasteiger partial charge in [0.15, 0.2) is 0 Å². The third kappa shape index (κ3) is 2.58. The number of nitrogens with one attached hydrogen (secondary N) is 1. The summed E-state index contributed by atoms with van der Waals surface area (Å²) in [6, 6.07) is 5.38. The number of rotatable bonds is 4. The van der Waals surface area contributed by atoms with Crippen molar-refractivity contribution in [1.82, 2.24) is 4.98 Å². The topological polar surface area (TPSA) is 24.9 Å². The van der Waals surface area contributed by atoms with Gasteiger partial charge in [0, 0.05) is 23.3 Å². The van der Waals surface area contributed by atoms with E-state index in [1.807, 2.05) is 22.6 Å². The van der Waals surface area contributed by atoms with Crippen molar-refractivity contribution >= 4 is 39.2 Å². The van der Waals surface area contributed by atoms with Crippen LogP contribution in [0.15, 0.2) is 18.2 Å². The van der Waals surface area contributed by atoms with Crippen molar-refractivity contribution in [2.75, 3.05) is 11.9 Å². The highest BCUT2D eigenvalue weighted by Gasteiger charge is 2.11. The third-order valence-electron chi connectivity index (χ3n) is 2.80.